The van der Waals surface area contributed by atoms with Crippen LogP contribution in [0.25, 0.3) is 0 Å². The number of alkyl halides is 2. The molecule has 2 N–H and O–H groups in total. The molecule has 1 aromatic carbocycles. The van der Waals surface area contributed by atoms with Crippen LogP contribution in [0.5, 0.6) is 5.75 Å². The van der Waals surface area contributed by atoms with Crippen LogP contribution in [0.3, 0.4) is 0 Å². The number of hydrogen-bond donors (Lipinski definition) is 2. The SMILES string of the molecule is CNCC(=O)NCCc1ccc(OC(F)F)cc1. The molecule has 18 heavy (non-hydrogen) atoms. The summed E-state index contributed by atoms with van der Waals surface area (Å²) in [7, 11) is 1.70. The van der Waals surface area contributed by atoms with Gasteiger partial charge in [-0.25, -0.2) is 0 Å². The predicted octanol–water partition coefficient (Wildman–Crippen LogP) is 1.17. The van der Waals surface area contributed by atoms with Crippen LogP contribution >= 0.6 is 0 Å². The average molecular weight is 258 g/mol. The third kappa shape index (κ3) is 5.58. The number of benzene rings is 1. The molecule has 1 rings (SSSR count). The zero-order valence-corrected chi connectivity index (χ0v) is 10.1. The first-order valence-electron chi connectivity index (χ1n) is 5.57. The maximum atomic E-state index is 11.9. The highest BCUT2D eigenvalue weighted by Gasteiger charge is 2.04. The molecule has 0 fully saturated rings. The van der Waals surface area contributed by atoms with Crippen LogP contribution < -0.4 is 15.4 Å². The lowest BCUT2D eigenvalue weighted by Crippen LogP contribution is -2.33. The molecule has 0 saturated carbocycles. The molecule has 6 heteroatoms. The number of nitrogens with one attached hydrogen (secondary N) is 2. The van der Waals surface area contributed by atoms with Crippen molar-refractivity contribution in [1.82, 2.24) is 10.6 Å². The monoisotopic (exact) mass is 258 g/mol. The Hall–Kier alpha value is -1.69. The van der Waals surface area contributed by atoms with Crippen LogP contribution in [0.1, 0.15) is 5.56 Å². The Balaban J connectivity index is 2.33. The van der Waals surface area contributed by atoms with Crippen molar-refractivity contribution in [2.75, 3.05) is 20.1 Å². The summed E-state index contributed by atoms with van der Waals surface area (Å²) in [6.45, 7) is -2.02. The van der Waals surface area contributed by atoms with Gasteiger partial charge in [0.05, 0.1) is 6.54 Å². The lowest BCUT2D eigenvalue weighted by molar-refractivity contribution is -0.120. The molecule has 0 unspecified atom stereocenters. The first-order chi connectivity index (χ1) is 8.61. The van der Waals surface area contributed by atoms with Gasteiger partial charge in [0, 0.05) is 6.54 Å². The van der Waals surface area contributed by atoms with Crippen LogP contribution in [-0.2, 0) is 11.2 Å². The summed E-state index contributed by atoms with van der Waals surface area (Å²) >= 11 is 0. The molecule has 0 bridgehead atoms. The Labute approximate surface area is 104 Å². The molecule has 0 saturated heterocycles. The van der Waals surface area contributed by atoms with Crippen molar-refractivity contribution in [3.05, 3.63) is 29.8 Å². The number of amides is 1. The summed E-state index contributed by atoms with van der Waals surface area (Å²) in [4.78, 5) is 11.1. The minimum absolute atomic E-state index is 0.0739. The molecule has 0 aliphatic carbocycles. The Kier molecular flexibility index (Phi) is 6.07. The van der Waals surface area contributed by atoms with Crippen molar-refractivity contribution in [2.24, 2.45) is 0 Å². The van der Waals surface area contributed by atoms with Crippen LogP contribution in [-0.4, -0.2) is 32.7 Å². The van der Waals surface area contributed by atoms with Crippen LogP contribution in [0, 0.1) is 0 Å². The standard InChI is InChI=1S/C12H16F2N2O2/c1-15-8-11(17)16-7-6-9-2-4-10(5-3-9)18-12(13)14/h2-5,12,15H,6-8H2,1H3,(H,16,17). The minimum Gasteiger partial charge on any atom is -0.435 e. The van der Waals surface area contributed by atoms with Crippen molar-refractivity contribution in [3.8, 4) is 5.75 Å². The molecule has 0 aliphatic rings. The van der Waals surface area contributed by atoms with E-state index in [1.807, 2.05) is 0 Å². The molecule has 0 atom stereocenters. The Bertz CT molecular complexity index is 369. The van der Waals surface area contributed by atoms with Gasteiger partial charge in [0.1, 0.15) is 5.75 Å². The first-order valence-corrected chi connectivity index (χ1v) is 5.57. The number of carbonyl (C=O) groups excluding carboxylic acids is 1. The molecule has 0 aliphatic heterocycles. The van der Waals surface area contributed by atoms with E-state index in [2.05, 4.69) is 15.4 Å². The van der Waals surface area contributed by atoms with Gasteiger partial charge in [0.2, 0.25) is 5.91 Å². The van der Waals surface area contributed by atoms with E-state index in [0.29, 0.717) is 13.0 Å². The van der Waals surface area contributed by atoms with E-state index >= 15 is 0 Å². The highest BCUT2D eigenvalue weighted by molar-refractivity contribution is 5.77. The van der Waals surface area contributed by atoms with Gasteiger partial charge >= 0.3 is 6.61 Å². The van der Waals surface area contributed by atoms with E-state index < -0.39 is 6.61 Å². The zero-order valence-electron chi connectivity index (χ0n) is 10.1. The van der Waals surface area contributed by atoms with Crippen LogP contribution in [0.15, 0.2) is 24.3 Å². The quantitative estimate of drug-likeness (QED) is 0.771. The smallest absolute Gasteiger partial charge is 0.387 e. The highest BCUT2D eigenvalue weighted by atomic mass is 19.3. The molecular formula is C12H16F2N2O2. The lowest BCUT2D eigenvalue weighted by atomic mass is 10.1. The van der Waals surface area contributed by atoms with Gasteiger partial charge in [0.25, 0.3) is 0 Å². The highest BCUT2D eigenvalue weighted by Crippen LogP contribution is 2.14. The van der Waals surface area contributed by atoms with Crippen molar-refractivity contribution >= 4 is 5.91 Å². The number of hydrogen-bond acceptors (Lipinski definition) is 3. The van der Waals surface area contributed by atoms with E-state index in [1.54, 1.807) is 19.2 Å². The topological polar surface area (TPSA) is 50.4 Å². The Morgan fingerprint density at radius 3 is 2.56 bits per heavy atom. The summed E-state index contributed by atoms with van der Waals surface area (Å²) in [5, 5.41) is 5.47. The number of likely N-dealkylation sites (N-methyl/N-ethyl adjacent to an activating group) is 1. The van der Waals surface area contributed by atoms with E-state index in [0.717, 1.165) is 5.56 Å². The molecule has 100 valence electrons. The van der Waals surface area contributed by atoms with Crippen molar-refractivity contribution in [3.63, 3.8) is 0 Å². The molecule has 0 aromatic heterocycles. The van der Waals surface area contributed by atoms with Crippen LogP contribution in [0.4, 0.5) is 8.78 Å². The van der Waals surface area contributed by atoms with Gasteiger partial charge in [-0.1, -0.05) is 12.1 Å². The molecular weight excluding hydrogens is 242 g/mol. The van der Waals surface area contributed by atoms with Gasteiger partial charge in [-0.15, -0.1) is 0 Å². The second-order valence-corrected chi connectivity index (χ2v) is 3.65. The zero-order chi connectivity index (χ0) is 13.4. The van der Waals surface area contributed by atoms with Crippen molar-refractivity contribution < 1.29 is 18.3 Å². The summed E-state index contributed by atoms with van der Waals surface area (Å²) in [6.07, 6.45) is 0.643. The normalized spacial score (nSPS) is 10.4. The Morgan fingerprint density at radius 1 is 1.33 bits per heavy atom. The third-order valence-electron chi connectivity index (χ3n) is 2.22. The van der Waals surface area contributed by atoms with Gasteiger partial charge in [-0.05, 0) is 31.2 Å². The minimum atomic E-state index is -2.81. The second-order valence-electron chi connectivity index (χ2n) is 3.65. The summed E-state index contributed by atoms with van der Waals surface area (Å²) in [6, 6.07) is 6.36. The van der Waals surface area contributed by atoms with E-state index in [4.69, 9.17) is 0 Å². The number of carbonyl (C=O) groups is 1. The molecule has 0 spiro atoms. The maximum Gasteiger partial charge on any atom is 0.387 e. The number of rotatable bonds is 7. The summed E-state index contributed by atoms with van der Waals surface area (Å²) in [5.41, 5.74) is 0.946. The van der Waals surface area contributed by atoms with Gasteiger partial charge in [-0.2, -0.15) is 8.78 Å². The van der Waals surface area contributed by atoms with Gasteiger partial charge in [0.15, 0.2) is 0 Å². The predicted molar refractivity (Wildman–Crippen MR) is 63.7 cm³/mol. The second kappa shape index (κ2) is 7.60. The van der Waals surface area contributed by atoms with Crippen molar-refractivity contribution in [2.45, 2.75) is 13.0 Å². The lowest BCUT2D eigenvalue weighted by Gasteiger charge is -2.07. The molecule has 0 heterocycles. The molecule has 1 aromatic rings. The van der Waals surface area contributed by atoms with E-state index in [1.165, 1.54) is 12.1 Å². The first kappa shape index (κ1) is 14.4. The number of halogens is 2. The average Bonchev–Trinajstić information content (AvgIpc) is 2.31. The largest absolute Gasteiger partial charge is 0.435 e. The Morgan fingerprint density at radius 2 is 2.00 bits per heavy atom. The van der Waals surface area contributed by atoms with Crippen molar-refractivity contribution in [1.29, 1.82) is 0 Å². The fourth-order valence-electron chi connectivity index (χ4n) is 1.41. The van der Waals surface area contributed by atoms with Crippen LogP contribution in [0.2, 0.25) is 0 Å². The fourth-order valence-corrected chi connectivity index (χ4v) is 1.41. The van der Waals surface area contributed by atoms with Gasteiger partial charge in [-0.3, -0.25) is 4.79 Å². The number of ether oxygens (including phenoxy) is 1. The molecule has 1 amide bonds. The molecule has 0 radical (unpaired) electrons. The molecule has 4 nitrogen and oxygen atoms in total. The third-order valence-corrected chi connectivity index (χ3v) is 2.22. The van der Waals surface area contributed by atoms with E-state index in [9.17, 15) is 13.6 Å². The maximum absolute atomic E-state index is 11.9. The van der Waals surface area contributed by atoms with Gasteiger partial charge < -0.3 is 15.4 Å². The van der Waals surface area contributed by atoms with E-state index in [-0.39, 0.29) is 18.2 Å². The summed E-state index contributed by atoms with van der Waals surface area (Å²) < 4.78 is 28.1. The fraction of sp³-hybridized carbons (Fsp3) is 0.417. The summed E-state index contributed by atoms with van der Waals surface area (Å²) in [5.74, 6) is 0.0584.